The van der Waals surface area contributed by atoms with Crippen LogP contribution in [0.2, 0.25) is 0 Å². The zero-order chi connectivity index (χ0) is 31.0. The number of hydrogen-bond acceptors (Lipinski definition) is 5. The van der Waals surface area contributed by atoms with Gasteiger partial charge >= 0.3 is 42.2 Å². The number of aliphatic carboxylic acids is 1. The molecule has 0 aliphatic carbocycles. The third kappa shape index (κ3) is 7.90. The van der Waals surface area contributed by atoms with Crippen LogP contribution >= 0.6 is 0 Å². The molecular formula is C17H19F15O6. The fourth-order valence-electron chi connectivity index (χ4n) is 1.74. The molecule has 0 aromatic carbocycles. The van der Waals surface area contributed by atoms with Crippen LogP contribution < -0.4 is 0 Å². The van der Waals surface area contributed by atoms with Crippen molar-refractivity contribution >= 4 is 5.97 Å². The summed E-state index contributed by atoms with van der Waals surface area (Å²) in [6.07, 6.45) is -26.8. The third-order valence-corrected chi connectivity index (χ3v) is 4.57. The van der Waals surface area contributed by atoms with Crippen LogP contribution in [-0.2, 0) is 23.7 Å². The number of carboxylic acids is 1. The minimum atomic E-state index is -6.86. The molecule has 0 aliphatic rings. The van der Waals surface area contributed by atoms with Crippen molar-refractivity contribution < 1.29 is 94.7 Å². The van der Waals surface area contributed by atoms with E-state index < -0.39 is 86.2 Å². The third-order valence-electron chi connectivity index (χ3n) is 4.57. The largest absolute Gasteiger partial charge is 0.477 e. The molecular weight excluding hydrogens is 585 g/mol. The lowest BCUT2D eigenvalue weighted by atomic mass is 10.1. The first-order valence-corrected chi connectivity index (χ1v) is 9.58. The van der Waals surface area contributed by atoms with Gasteiger partial charge in [0.2, 0.25) is 0 Å². The molecule has 0 radical (unpaired) electrons. The standard InChI is InChI=1S/C17H19F15O6/c1-5-9(2,18)6-35-10(3,19)16(29,30)37-12(21,14(23,24)25)7-36-11(4,20)17(31,32)38-13(22,8(33)34)15(26,27)28/h5-7H2,1-4H3,(H,33,34). The van der Waals surface area contributed by atoms with Gasteiger partial charge in [0.05, 0.1) is 6.61 Å². The van der Waals surface area contributed by atoms with Crippen LogP contribution in [0.15, 0.2) is 0 Å². The van der Waals surface area contributed by atoms with Gasteiger partial charge in [-0.2, -0.15) is 52.7 Å². The Morgan fingerprint density at radius 2 is 1.00 bits per heavy atom. The van der Waals surface area contributed by atoms with Gasteiger partial charge in [-0.25, -0.2) is 18.0 Å². The number of ether oxygens (including phenoxy) is 4. The van der Waals surface area contributed by atoms with Crippen LogP contribution in [-0.4, -0.2) is 77.9 Å². The lowest BCUT2D eigenvalue weighted by Gasteiger charge is -2.38. The number of rotatable bonds is 14. The number of halogens is 15. The highest BCUT2D eigenvalue weighted by molar-refractivity contribution is 5.76. The second-order valence-electron chi connectivity index (χ2n) is 8.04. The van der Waals surface area contributed by atoms with Crippen molar-refractivity contribution in [1.82, 2.24) is 0 Å². The Balaban J connectivity index is 6.08. The molecule has 6 nitrogen and oxygen atoms in total. The first-order chi connectivity index (χ1) is 16.3. The van der Waals surface area contributed by atoms with E-state index in [9.17, 15) is 70.7 Å². The smallest absolute Gasteiger partial charge is 0.460 e. The summed E-state index contributed by atoms with van der Waals surface area (Å²) in [5.41, 5.74) is -2.55. The molecule has 0 spiro atoms. The minimum absolute atomic E-state index is 0.373. The Morgan fingerprint density at radius 1 is 0.632 bits per heavy atom. The van der Waals surface area contributed by atoms with Crippen molar-refractivity contribution in [3.05, 3.63) is 0 Å². The lowest BCUT2D eigenvalue weighted by Crippen LogP contribution is -2.61. The van der Waals surface area contributed by atoms with E-state index >= 15 is 0 Å². The van der Waals surface area contributed by atoms with Gasteiger partial charge in [-0.3, -0.25) is 9.47 Å². The molecule has 5 atom stereocenters. The molecule has 0 aliphatic heterocycles. The van der Waals surface area contributed by atoms with Gasteiger partial charge in [0.25, 0.3) is 11.7 Å². The highest BCUT2D eigenvalue weighted by Crippen LogP contribution is 2.48. The van der Waals surface area contributed by atoms with E-state index in [0.717, 1.165) is 6.92 Å². The molecule has 0 aromatic rings. The highest BCUT2D eigenvalue weighted by atomic mass is 19.4. The van der Waals surface area contributed by atoms with Gasteiger partial charge in [-0.15, -0.1) is 0 Å². The summed E-state index contributed by atoms with van der Waals surface area (Å²) in [6.45, 7) is -4.49. The Labute approximate surface area is 202 Å². The summed E-state index contributed by atoms with van der Waals surface area (Å²) in [7, 11) is 0. The molecule has 228 valence electrons. The molecule has 5 unspecified atom stereocenters. The number of carbonyl (C=O) groups is 1. The van der Waals surface area contributed by atoms with E-state index in [1.807, 2.05) is 0 Å². The number of carboxylic acid groups (broad SMARTS) is 1. The van der Waals surface area contributed by atoms with Crippen LogP contribution in [0.4, 0.5) is 65.9 Å². The molecule has 1 N–H and O–H groups in total. The zero-order valence-corrected chi connectivity index (χ0v) is 19.3. The van der Waals surface area contributed by atoms with Crippen LogP contribution in [0.1, 0.15) is 34.1 Å². The monoisotopic (exact) mass is 604 g/mol. The Bertz CT molecular complexity index is 826. The Kier molecular flexibility index (Phi) is 10.2. The molecule has 21 heteroatoms. The first-order valence-electron chi connectivity index (χ1n) is 9.58. The summed E-state index contributed by atoms with van der Waals surface area (Å²) in [4.78, 5) is 10.4. The molecule has 0 heterocycles. The van der Waals surface area contributed by atoms with Crippen LogP contribution in [0.25, 0.3) is 0 Å². The number of alkyl halides is 15. The number of hydrogen-bond donors (Lipinski definition) is 1. The minimum Gasteiger partial charge on any atom is -0.477 e. The first kappa shape index (κ1) is 36.3. The Morgan fingerprint density at radius 3 is 1.32 bits per heavy atom. The molecule has 0 aromatic heterocycles. The average Bonchev–Trinajstić information content (AvgIpc) is 2.68. The molecule has 0 rings (SSSR count). The van der Waals surface area contributed by atoms with E-state index in [1.54, 1.807) is 0 Å². The SMILES string of the molecule is CCC(C)(F)COC(C)(F)C(F)(F)OC(F)(COC(C)(F)C(F)(F)OC(F)(C(=O)O)C(F)(F)F)C(F)(F)F. The fraction of sp³-hybridized carbons (Fsp3) is 0.941. The van der Waals surface area contributed by atoms with Crippen molar-refractivity contribution in [3.8, 4) is 0 Å². The summed E-state index contributed by atoms with van der Waals surface area (Å²) in [5.74, 6) is -26.7. The van der Waals surface area contributed by atoms with Gasteiger partial charge < -0.3 is 14.6 Å². The van der Waals surface area contributed by atoms with Gasteiger partial charge in [0.1, 0.15) is 12.3 Å². The highest BCUT2D eigenvalue weighted by Gasteiger charge is 2.73. The average molecular weight is 604 g/mol. The van der Waals surface area contributed by atoms with Crippen LogP contribution in [0.3, 0.4) is 0 Å². The summed E-state index contributed by atoms with van der Waals surface area (Å²) in [6, 6.07) is 0. The summed E-state index contributed by atoms with van der Waals surface area (Å²) in [5, 5.41) is 8.18. The molecule has 0 saturated heterocycles. The maximum absolute atomic E-state index is 14.4. The zero-order valence-electron chi connectivity index (χ0n) is 19.3. The molecule has 0 amide bonds. The Hall–Kier alpha value is -1.74. The van der Waals surface area contributed by atoms with Crippen LogP contribution in [0.5, 0.6) is 0 Å². The van der Waals surface area contributed by atoms with Crippen molar-refractivity contribution in [1.29, 1.82) is 0 Å². The van der Waals surface area contributed by atoms with Crippen molar-refractivity contribution in [2.24, 2.45) is 0 Å². The molecule has 38 heavy (non-hydrogen) atoms. The van der Waals surface area contributed by atoms with E-state index in [4.69, 9.17) is 5.11 Å². The predicted molar refractivity (Wildman–Crippen MR) is 90.2 cm³/mol. The lowest BCUT2D eigenvalue weighted by molar-refractivity contribution is -0.485. The maximum atomic E-state index is 14.4. The van der Waals surface area contributed by atoms with E-state index in [0.29, 0.717) is 6.92 Å². The second kappa shape index (κ2) is 10.7. The summed E-state index contributed by atoms with van der Waals surface area (Å²) >= 11 is 0. The van der Waals surface area contributed by atoms with Crippen molar-refractivity contribution in [2.45, 2.75) is 87.8 Å². The van der Waals surface area contributed by atoms with Gasteiger partial charge in [0, 0.05) is 13.8 Å². The molecule has 0 bridgehead atoms. The quantitative estimate of drug-likeness (QED) is 0.235. The van der Waals surface area contributed by atoms with Gasteiger partial charge in [-0.05, 0) is 13.3 Å². The topological polar surface area (TPSA) is 74.2 Å². The van der Waals surface area contributed by atoms with Gasteiger partial charge in [0.15, 0.2) is 0 Å². The molecule has 0 saturated carbocycles. The second-order valence-corrected chi connectivity index (χ2v) is 8.04. The van der Waals surface area contributed by atoms with E-state index in [-0.39, 0.29) is 6.92 Å². The fourth-order valence-corrected chi connectivity index (χ4v) is 1.74. The normalized spacial score (nSPS) is 22.0. The molecule has 0 fully saturated rings. The van der Waals surface area contributed by atoms with E-state index in [1.165, 1.54) is 0 Å². The summed E-state index contributed by atoms with van der Waals surface area (Å²) < 4.78 is 214. The van der Waals surface area contributed by atoms with E-state index in [2.05, 4.69) is 18.9 Å². The predicted octanol–water partition coefficient (Wildman–Crippen LogP) is 6.29. The maximum Gasteiger partial charge on any atom is 0.460 e. The van der Waals surface area contributed by atoms with Crippen molar-refractivity contribution in [2.75, 3.05) is 13.2 Å². The van der Waals surface area contributed by atoms with Gasteiger partial charge in [-0.1, -0.05) is 6.92 Å². The van der Waals surface area contributed by atoms with Crippen molar-refractivity contribution in [3.63, 3.8) is 0 Å². The van der Waals surface area contributed by atoms with Crippen LogP contribution in [0, 0.1) is 0 Å².